The summed E-state index contributed by atoms with van der Waals surface area (Å²) in [4.78, 5) is 33.9. The Hall–Kier alpha value is -1.59. The second-order valence-corrected chi connectivity index (χ2v) is 7.15. The highest BCUT2D eigenvalue weighted by molar-refractivity contribution is 5.74. The van der Waals surface area contributed by atoms with E-state index in [1.165, 1.54) is 0 Å². The highest BCUT2D eigenvalue weighted by atomic mass is 16.6. The zero-order chi connectivity index (χ0) is 16.9. The number of carbonyl (C=O) groups excluding carboxylic acids is 3. The van der Waals surface area contributed by atoms with Gasteiger partial charge in [0.1, 0.15) is 16.8 Å². The molecule has 0 heterocycles. The van der Waals surface area contributed by atoms with E-state index in [-0.39, 0.29) is 12.8 Å². The minimum absolute atomic E-state index is 0.0506. The summed E-state index contributed by atoms with van der Waals surface area (Å²) in [5, 5.41) is 0. The number of carbonyl (C=O) groups is 3. The quantitative estimate of drug-likeness (QED) is 0.408. The molecule has 0 aliphatic carbocycles. The average Bonchev–Trinajstić information content (AvgIpc) is 2.08. The lowest BCUT2D eigenvalue weighted by Crippen LogP contribution is -2.37. The molecule has 0 atom stereocenters. The van der Waals surface area contributed by atoms with Gasteiger partial charge in [0, 0.05) is 0 Å². The van der Waals surface area contributed by atoms with Crippen LogP contribution in [0.25, 0.3) is 0 Å². The van der Waals surface area contributed by atoms with Crippen molar-refractivity contribution in [3.05, 3.63) is 0 Å². The van der Waals surface area contributed by atoms with Gasteiger partial charge in [0.2, 0.25) is 0 Å². The lowest BCUT2D eigenvalue weighted by atomic mass is 10.0. The Morgan fingerprint density at radius 2 is 1.24 bits per heavy atom. The molecule has 0 spiro atoms. The van der Waals surface area contributed by atoms with Crippen LogP contribution in [0.3, 0.4) is 0 Å². The number of hydrogen-bond acceptors (Lipinski definition) is 6. The lowest BCUT2D eigenvalue weighted by molar-refractivity contribution is -0.171. The van der Waals surface area contributed by atoms with Gasteiger partial charge in [0.05, 0.1) is 12.8 Å². The fourth-order valence-corrected chi connectivity index (χ4v) is 1.63. The summed E-state index contributed by atoms with van der Waals surface area (Å²) in [5.74, 6) is -0.987. The smallest absolute Gasteiger partial charge is 0.310 e. The second kappa shape index (κ2) is 6.91. The van der Waals surface area contributed by atoms with Crippen molar-refractivity contribution in [3.63, 3.8) is 0 Å². The van der Waals surface area contributed by atoms with E-state index < -0.39 is 28.7 Å². The van der Waals surface area contributed by atoms with Crippen LogP contribution in [0.2, 0.25) is 0 Å². The molecule has 0 N–H and O–H groups in total. The van der Waals surface area contributed by atoms with Gasteiger partial charge in [-0.05, 0) is 48.5 Å². The molecular formula is C15H26O6. The highest BCUT2D eigenvalue weighted by Crippen LogP contribution is 2.21. The standard InChI is InChI=1S/C15H26O6/c1-13(2,3)20-11(17)9-15(6,7)21-12(18)8-14(4,5)19-10-16/h10H,8-9H2,1-7H3. The van der Waals surface area contributed by atoms with E-state index in [4.69, 9.17) is 14.2 Å². The number of rotatable bonds is 7. The number of hydrogen-bond donors (Lipinski definition) is 0. The summed E-state index contributed by atoms with van der Waals surface area (Å²) in [7, 11) is 0. The first-order chi connectivity index (χ1) is 9.26. The molecule has 0 saturated carbocycles. The molecule has 0 fully saturated rings. The Labute approximate surface area is 126 Å². The molecule has 6 heteroatoms. The zero-order valence-electron chi connectivity index (χ0n) is 13.9. The van der Waals surface area contributed by atoms with Crippen molar-refractivity contribution in [1.29, 1.82) is 0 Å². The summed E-state index contributed by atoms with van der Waals surface area (Å²) < 4.78 is 15.3. The first kappa shape index (κ1) is 19.4. The predicted octanol–water partition coefficient (Wildman–Crippen LogP) is 2.38. The summed E-state index contributed by atoms with van der Waals surface area (Å²) >= 11 is 0. The molecule has 0 amide bonds. The van der Waals surface area contributed by atoms with Crippen molar-refractivity contribution in [2.75, 3.05) is 0 Å². The third-order valence-corrected chi connectivity index (χ3v) is 2.32. The van der Waals surface area contributed by atoms with E-state index in [1.54, 1.807) is 48.5 Å². The van der Waals surface area contributed by atoms with Crippen LogP contribution in [-0.4, -0.2) is 35.2 Å². The van der Waals surface area contributed by atoms with Crippen LogP contribution in [0.1, 0.15) is 61.3 Å². The van der Waals surface area contributed by atoms with E-state index in [9.17, 15) is 14.4 Å². The van der Waals surface area contributed by atoms with Crippen molar-refractivity contribution in [3.8, 4) is 0 Å². The van der Waals surface area contributed by atoms with Gasteiger partial charge in [0.25, 0.3) is 6.47 Å². The average molecular weight is 302 g/mol. The molecule has 0 saturated heterocycles. The van der Waals surface area contributed by atoms with Gasteiger partial charge in [-0.1, -0.05) is 0 Å². The first-order valence-corrected chi connectivity index (χ1v) is 6.81. The second-order valence-electron chi connectivity index (χ2n) is 7.15. The van der Waals surface area contributed by atoms with Crippen LogP contribution in [0, 0.1) is 0 Å². The Morgan fingerprint density at radius 1 is 0.810 bits per heavy atom. The number of ether oxygens (including phenoxy) is 3. The topological polar surface area (TPSA) is 78.9 Å². The molecule has 0 aromatic rings. The van der Waals surface area contributed by atoms with Crippen LogP contribution >= 0.6 is 0 Å². The van der Waals surface area contributed by atoms with E-state index >= 15 is 0 Å². The van der Waals surface area contributed by atoms with Crippen LogP contribution in [-0.2, 0) is 28.6 Å². The summed E-state index contributed by atoms with van der Waals surface area (Å²) in [5.41, 5.74) is -2.52. The molecule has 21 heavy (non-hydrogen) atoms. The van der Waals surface area contributed by atoms with Crippen LogP contribution in [0.5, 0.6) is 0 Å². The molecule has 0 rings (SSSR count). The Balaban J connectivity index is 4.50. The minimum atomic E-state index is -0.989. The number of esters is 2. The molecule has 0 unspecified atom stereocenters. The molecule has 122 valence electrons. The van der Waals surface area contributed by atoms with Crippen molar-refractivity contribution in [2.45, 2.75) is 78.1 Å². The minimum Gasteiger partial charge on any atom is -0.461 e. The van der Waals surface area contributed by atoms with E-state index in [0.717, 1.165) is 0 Å². The maximum atomic E-state index is 11.8. The van der Waals surface area contributed by atoms with E-state index in [0.29, 0.717) is 6.47 Å². The molecule has 0 aromatic carbocycles. The molecule has 0 bridgehead atoms. The molecule has 6 nitrogen and oxygen atoms in total. The third kappa shape index (κ3) is 9.87. The predicted molar refractivity (Wildman–Crippen MR) is 76.5 cm³/mol. The van der Waals surface area contributed by atoms with Crippen LogP contribution < -0.4 is 0 Å². The normalized spacial score (nSPS) is 12.5. The van der Waals surface area contributed by atoms with Crippen LogP contribution in [0.15, 0.2) is 0 Å². The summed E-state index contributed by atoms with van der Waals surface area (Å²) in [6, 6.07) is 0. The maximum absolute atomic E-state index is 11.8. The fourth-order valence-electron chi connectivity index (χ4n) is 1.63. The molecule has 0 aliphatic heterocycles. The van der Waals surface area contributed by atoms with E-state index in [2.05, 4.69) is 0 Å². The van der Waals surface area contributed by atoms with Gasteiger partial charge in [-0.25, -0.2) is 0 Å². The van der Waals surface area contributed by atoms with Crippen molar-refractivity contribution >= 4 is 18.4 Å². The SMILES string of the molecule is CC(C)(C)OC(=O)CC(C)(C)OC(=O)CC(C)(C)OC=O. The molecule has 0 aliphatic rings. The Morgan fingerprint density at radius 3 is 1.67 bits per heavy atom. The van der Waals surface area contributed by atoms with Gasteiger partial charge in [-0.15, -0.1) is 0 Å². The van der Waals surface area contributed by atoms with Crippen molar-refractivity contribution < 1.29 is 28.6 Å². The third-order valence-electron chi connectivity index (χ3n) is 2.32. The largest absolute Gasteiger partial charge is 0.461 e. The van der Waals surface area contributed by atoms with Crippen LogP contribution in [0.4, 0.5) is 0 Å². The van der Waals surface area contributed by atoms with Gasteiger partial charge in [0.15, 0.2) is 0 Å². The zero-order valence-corrected chi connectivity index (χ0v) is 13.9. The van der Waals surface area contributed by atoms with E-state index in [1.807, 2.05) is 0 Å². The molecule has 0 aromatic heterocycles. The lowest BCUT2D eigenvalue weighted by Gasteiger charge is -2.28. The van der Waals surface area contributed by atoms with Gasteiger partial charge < -0.3 is 14.2 Å². The fraction of sp³-hybridized carbons (Fsp3) is 0.800. The monoisotopic (exact) mass is 302 g/mol. The van der Waals surface area contributed by atoms with Crippen molar-refractivity contribution in [1.82, 2.24) is 0 Å². The first-order valence-electron chi connectivity index (χ1n) is 6.81. The summed E-state index contributed by atoms with van der Waals surface area (Å²) in [6.45, 7) is 12.0. The molecular weight excluding hydrogens is 276 g/mol. The Kier molecular flexibility index (Phi) is 6.39. The summed E-state index contributed by atoms with van der Waals surface area (Å²) in [6.07, 6.45) is -0.144. The van der Waals surface area contributed by atoms with Gasteiger partial charge >= 0.3 is 11.9 Å². The molecule has 0 radical (unpaired) electrons. The maximum Gasteiger partial charge on any atom is 0.310 e. The Bertz CT molecular complexity index is 389. The van der Waals surface area contributed by atoms with Gasteiger partial charge in [-0.3, -0.25) is 14.4 Å². The van der Waals surface area contributed by atoms with Gasteiger partial charge in [-0.2, -0.15) is 0 Å². The van der Waals surface area contributed by atoms with Crippen molar-refractivity contribution in [2.24, 2.45) is 0 Å². The highest BCUT2D eigenvalue weighted by Gasteiger charge is 2.32.